The molecule has 1 nitrogen and oxygen atoms in total. The zero-order valence-corrected chi connectivity index (χ0v) is 12.5. The number of benzene rings is 1. The van der Waals surface area contributed by atoms with Crippen LogP contribution in [-0.4, -0.2) is 13.1 Å². The zero-order chi connectivity index (χ0) is 13.4. The summed E-state index contributed by atoms with van der Waals surface area (Å²) in [5, 5.41) is 3.58. The Balaban J connectivity index is 2.57. The van der Waals surface area contributed by atoms with E-state index < -0.39 is 0 Å². The van der Waals surface area contributed by atoms with Gasteiger partial charge in [0.1, 0.15) is 0 Å². The summed E-state index contributed by atoms with van der Waals surface area (Å²) in [6, 6.07) is 8.80. The molecule has 1 N–H and O–H groups in total. The first-order valence-electron chi connectivity index (χ1n) is 7.38. The fourth-order valence-electron chi connectivity index (χ4n) is 2.54. The van der Waals surface area contributed by atoms with Gasteiger partial charge in [-0.1, -0.05) is 45.0 Å². The quantitative estimate of drug-likeness (QED) is 0.679. The first-order chi connectivity index (χ1) is 8.63. The van der Waals surface area contributed by atoms with E-state index in [1.54, 1.807) is 0 Å². The highest BCUT2D eigenvalue weighted by Crippen LogP contribution is 2.19. The van der Waals surface area contributed by atoms with Crippen LogP contribution >= 0.6 is 0 Å². The third-order valence-corrected chi connectivity index (χ3v) is 3.43. The summed E-state index contributed by atoms with van der Waals surface area (Å²) in [4.78, 5) is 0. The Hall–Kier alpha value is -0.820. The van der Waals surface area contributed by atoms with E-state index in [9.17, 15) is 0 Å². The summed E-state index contributed by atoms with van der Waals surface area (Å²) >= 11 is 0. The van der Waals surface area contributed by atoms with Crippen molar-refractivity contribution in [2.24, 2.45) is 11.8 Å². The lowest BCUT2D eigenvalue weighted by Gasteiger charge is -2.20. The van der Waals surface area contributed by atoms with Gasteiger partial charge in [0.25, 0.3) is 0 Å². The Morgan fingerprint density at radius 1 is 1.17 bits per heavy atom. The van der Waals surface area contributed by atoms with Crippen LogP contribution in [0.4, 0.5) is 0 Å². The maximum absolute atomic E-state index is 3.58. The van der Waals surface area contributed by atoms with Gasteiger partial charge in [0.15, 0.2) is 0 Å². The topological polar surface area (TPSA) is 12.0 Å². The van der Waals surface area contributed by atoms with Crippen molar-refractivity contribution in [3.8, 4) is 0 Å². The molecule has 1 atom stereocenters. The molecule has 0 aliphatic rings. The highest BCUT2D eigenvalue weighted by Gasteiger charge is 2.12. The number of hydrogen-bond donors (Lipinski definition) is 1. The first kappa shape index (κ1) is 15.2. The molecule has 0 aliphatic carbocycles. The van der Waals surface area contributed by atoms with E-state index in [0.29, 0.717) is 0 Å². The minimum Gasteiger partial charge on any atom is -0.316 e. The highest BCUT2D eigenvalue weighted by molar-refractivity contribution is 5.25. The van der Waals surface area contributed by atoms with Crippen LogP contribution in [-0.2, 0) is 6.42 Å². The van der Waals surface area contributed by atoms with Gasteiger partial charge in [-0.2, -0.15) is 0 Å². The van der Waals surface area contributed by atoms with Crippen molar-refractivity contribution >= 4 is 0 Å². The molecule has 1 aromatic carbocycles. The van der Waals surface area contributed by atoms with Gasteiger partial charge in [-0.25, -0.2) is 0 Å². The van der Waals surface area contributed by atoms with Gasteiger partial charge in [-0.15, -0.1) is 0 Å². The largest absolute Gasteiger partial charge is 0.316 e. The number of nitrogens with one attached hydrogen (secondary N) is 1. The van der Waals surface area contributed by atoms with Crippen LogP contribution in [0, 0.1) is 18.8 Å². The van der Waals surface area contributed by atoms with Crippen LogP contribution in [0.25, 0.3) is 0 Å². The van der Waals surface area contributed by atoms with Gasteiger partial charge in [0, 0.05) is 0 Å². The zero-order valence-electron chi connectivity index (χ0n) is 12.5. The lowest BCUT2D eigenvalue weighted by molar-refractivity contribution is 0.385. The molecule has 0 heterocycles. The highest BCUT2D eigenvalue weighted by atomic mass is 14.8. The van der Waals surface area contributed by atoms with Crippen molar-refractivity contribution in [1.29, 1.82) is 0 Å². The molecule has 102 valence electrons. The van der Waals surface area contributed by atoms with Crippen LogP contribution < -0.4 is 5.32 Å². The Labute approximate surface area is 113 Å². The Bertz CT molecular complexity index is 330. The number of rotatable bonds is 8. The smallest absolute Gasteiger partial charge is 0.00172 e. The minimum absolute atomic E-state index is 0.762. The molecule has 0 radical (unpaired) electrons. The van der Waals surface area contributed by atoms with Gasteiger partial charge in [0.05, 0.1) is 0 Å². The molecule has 0 bridgehead atoms. The lowest BCUT2D eigenvalue weighted by atomic mass is 9.89. The molecule has 0 amide bonds. The molecule has 1 aromatic rings. The van der Waals surface area contributed by atoms with Crippen LogP contribution in [0.3, 0.4) is 0 Å². The van der Waals surface area contributed by atoms with E-state index in [1.165, 1.54) is 30.4 Å². The van der Waals surface area contributed by atoms with Gasteiger partial charge >= 0.3 is 0 Å². The predicted molar refractivity (Wildman–Crippen MR) is 81.0 cm³/mol. The Morgan fingerprint density at radius 2 is 1.89 bits per heavy atom. The summed E-state index contributed by atoms with van der Waals surface area (Å²) < 4.78 is 0. The standard InChI is InChI=1S/C17H29N/c1-5-10-18-13-16(11-14(2)3)12-17-9-7-6-8-15(17)4/h6-9,14,16,18H,5,10-13H2,1-4H3. The van der Waals surface area contributed by atoms with E-state index in [2.05, 4.69) is 57.3 Å². The van der Waals surface area contributed by atoms with Gasteiger partial charge < -0.3 is 5.32 Å². The van der Waals surface area contributed by atoms with Crippen molar-refractivity contribution < 1.29 is 0 Å². The second kappa shape index (κ2) is 8.31. The molecule has 1 rings (SSSR count). The molecule has 1 heteroatoms. The fourth-order valence-corrected chi connectivity index (χ4v) is 2.54. The first-order valence-corrected chi connectivity index (χ1v) is 7.38. The molecule has 0 aromatic heterocycles. The van der Waals surface area contributed by atoms with E-state index in [4.69, 9.17) is 0 Å². The molecule has 0 saturated carbocycles. The summed E-state index contributed by atoms with van der Waals surface area (Å²) in [5.41, 5.74) is 2.95. The van der Waals surface area contributed by atoms with Crippen molar-refractivity contribution in [3.63, 3.8) is 0 Å². The second-order valence-corrected chi connectivity index (χ2v) is 5.83. The van der Waals surface area contributed by atoms with E-state index in [1.807, 2.05) is 0 Å². The Morgan fingerprint density at radius 3 is 2.50 bits per heavy atom. The second-order valence-electron chi connectivity index (χ2n) is 5.83. The van der Waals surface area contributed by atoms with Crippen molar-refractivity contribution in [1.82, 2.24) is 5.32 Å². The maximum Gasteiger partial charge on any atom is -0.00172 e. The molecule has 0 aliphatic heterocycles. The third kappa shape index (κ3) is 5.68. The van der Waals surface area contributed by atoms with Crippen LogP contribution in [0.1, 0.15) is 44.7 Å². The lowest BCUT2D eigenvalue weighted by Crippen LogP contribution is -2.26. The summed E-state index contributed by atoms with van der Waals surface area (Å²) in [5.74, 6) is 1.54. The number of aryl methyl sites for hydroxylation is 1. The van der Waals surface area contributed by atoms with E-state index in [-0.39, 0.29) is 0 Å². The SMILES string of the molecule is CCCNCC(Cc1ccccc1C)CC(C)C. The molecule has 18 heavy (non-hydrogen) atoms. The molecular formula is C17H29N. The van der Waals surface area contributed by atoms with Crippen molar-refractivity contribution in [2.45, 2.75) is 47.0 Å². The molecule has 0 saturated heterocycles. The monoisotopic (exact) mass is 247 g/mol. The summed E-state index contributed by atoms with van der Waals surface area (Å²) in [7, 11) is 0. The van der Waals surface area contributed by atoms with Crippen LogP contribution in [0.15, 0.2) is 24.3 Å². The maximum atomic E-state index is 3.58. The van der Waals surface area contributed by atoms with Gasteiger partial charge in [-0.05, 0) is 62.2 Å². The molecule has 0 fully saturated rings. The molecule has 1 unspecified atom stereocenters. The normalized spacial score (nSPS) is 12.9. The third-order valence-electron chi connectivity index (χ3n) is 3.43. The molecule has 0 spiro atoms. The van der Waals surface area contributed by atoms with E-state index in [0.717, 1.165) is 24.9 Å². The van der Waals surface area contributed by atoms with Crippen LogP contribution in [0.5, 0.6) is 0 Å². The minimum atomic E-state index is 0.762. The summed E-state index contributed by atoms with van der Waals surface area (Å²) in [6.07, 6.45) is 3.74. The van der Waals surface area contributed by atoms with Gasteiger partial charge in [0.2, 0.25) is 0 Å². The Kier molecular flexibility index (Phi) is 7.04. The van der Waals surface area contributed by atoms with E-state index >= 15 is 0 Å². The average Bonchev–Trinajstić information content (AvgIpc) is 2.31. The molecular weight excluding hydrogens is 218 g/mol. The van der Waals surface area contributed by atoms with Crippen molar-refractivity contribution in [3.05, 3.63) is 35.4 Å². The average molecular weight is 247 g/mol. The van der Waals surface area contributed by atoms with Crippen molar-refractivity contribution in [2.75, 3.05) is 13.1 Å². The summed E-state index contributed by atoms with van der Waals surface area (Å²) in [6.45, 7) is 11.4. The van der Waals surface area contributed by atoms with Gasteiger partial charge in [-0.3, -0.25) is 0 Å². The van der Waals surface area contributed by atoms with Crippen LogP contribution in [0.2, 0.25) is 0 Å². The fraction of sp³-hybridized carbons (Fsp3) is 0.647. The predicted octanol–water partition coefficient (Wildman–Crippen LogP) is 4.20. The number of hydrogen-bond acceptors (Lipinski definition) is 1.